The Hall–Kier alpha value is -0.220. The highest BCUT2D eigenvalue weighted by molar-refractivity contribution is 7.99. The number of rotatable bonds is 9. The zero-order valence-corrected chi connectivity index (χ0v) is 10.8. The van der Waals surface area contributed by atoms with Crippen LogP contribution in [0.5, 0.6) is 0 Å². The maximum Gasteiger partial charge on any atom is 0.303 e. The van der Waals surface area contributed by atoms with Crippen molar-refractivity contribution in [3.63, 3.8) is 0 Å². The Morgan fingerprint density at radius 2 is 1.88 bits per heavy atom. The van der Waals surface area contributed by atoms with Gasteiger partial charge in [-0.25, -0.2) is 0 Å². The molecular formula is C12H23NO2S. The van der Waals surface area contributed by atoms with Crippen molar-refractivity contribution in [3.05, 3.63) is 0 Å². The Bertz CT molecular complexity index is 193. The maximum absolute atomic E-state index is 10.3. The van der Waals surface area contributed by atoms with Crippen molar-refractivity contribution in [3.8, 4) is 0 Å². The average Bonchev–Trinajstić information content (AvgIpc) is 2.74. The first-order chi connectivity index (χ1) is 7.79. The molecule has 1 aliphatic rings. The van der Waals surface area contributed by atoms with Crippen LogP contribution in [0.4, 0.5) is 0 Å². The SMILES string of the molecule is O=C(O)CCCCCSCCN1CCCC1. The van der Waals surface area contributed by atoms with Crippen LogP contribution in [-0.2, 0) is 4.79 Å². The molecule has 4 heteroatoms. The summed E-state index contributed by atoms with van der Waals surface area (Å²) in [5.74, 6) is 1.76. The highest BCUT2D eigenvalue weighted by Gasteiger charge is 2.09. The van der Waals surface area contributed by atoms with Crippen molar-refractivity contribution in [2.24, 2.45) is 0 Å². The van der Waals surface area contributed by atoms with Crippen molar-refractivity contribution in [2.45, 2.75) is 38.5 Å². The molecule has 0 spiro atoms. The molecule has 94 valence electrons. The molecule has 1 fully saturated rings. The van der Waals surface area contributed by atoms with Crippen LogP contribution in [0.2, 0.25) is 0 Å². The second-order valence-electron chi connectivity index (χ2n) is 4.37. The quantitative estimate of drug-likeness (QED) is 0.634. The van der Waals surface area contributed by atoms with Gasteiger partial charge in [-0.2, -0.15) is 11.8 Å². The first-order valence-electron chi connectivity index (χ1n) is 6.31. The summed E-state index contributed by atoms with van der Waals surface area (Å²) < 4.78 is 0. The number of likely N-dealkylation sites (tertiary alicyclic amines) is 1. The number of unbranched alkanes of at least 4 members (excludes halogenated alkanes) is 2. The van der Waals surface area contributed by atoms with E-state index in [-0.39, 0.29) is 0 Å². The van der Waals surface area contributed by atoms with Crippen LogP contribution in [-0.4, -0.2) is 47.1 Å². The highest BCUT2D eigenvalue weighted by atomic mass is 32.2. The van der Waals surface area contributed by atoms with Gasteiger partial charge in [0.1, 0.15) is 0 Å². The molecule has 1 saturated heterocycles. The first-order valence-corrected chi connectivity index (χ1v) is 7.46. The third-order valence-corrected chi connectivity index (χ3v) is 3.98. The summed E-state index contributed by atoms with van der Waals surface area (Å²) >= 11 is 2.01. The van der Waals surface area contributed by atoms with E-state index in [1.165, 1.54) is 44.0 Å². The Kier molecular flexibility index (Phi) is 7.68. The van der Waals surface area contributed by atoms with Crippen LogP contribution < -0.4 is 0 Å². The molecule has 0 aromatic heterocycles. The molecule has 0 aromatic carbocycles. The van der Waals surface area contributed by atoms with Gasteiger partial charge in [0.2, 0.25) is 0 Å². The molecule has 0 amide bonds. The Labute approximate surface area is 103 Å². The molecule has 1 heterocycles. The lowest BCUT2D eigenvalue weighted by Crippen LogP contribution is -2.21. The first kappa shape index (κ1) is 13.8. The van der Waals surface area contributed by atoms with E-state index in [0.717, 1.165) is 19.3 Å². The molecule has 0 atom stereocenters. The maximum atomic E-state index is 10.3. The lowest BCUT2D eigenvalue weighted by atomic mass is 10.2. The van der Waals surface area contributed by atoms with E-state index in [4.69, 9.17) is 5.11 Å². The molecule has 0 unspecified atom stereocenters. The molecule has 0 aliphatic carbocycles. The molecule has 1 rings (SSSR count). The predicted octanol–water partition coefficient (Wildman–Crippen LogP) is 2.46. The number of hydrogen-bond acceptors (Lipinski definition) is 3. The van der Waals surface area contributed by atoms with Crippen molar-refractivity contribution >= 4 is 17.7 Å². The Morgan fingerprint density at radius 3 is 2.56 bits per heavy atom. The van der Waals surface area contributed by atoms with E-state index in [9.17, 15) is 4.79 Å². The number of hydrogen-bond donors (Lipinski definition) is 1. The van der Waals surface area contributed by atoms with E-state index in [1.807, 2.05) is 11.8 Å². The van der Waals surface area contributed by atoms with E-state index >= 15 is 0 Å². The van der Waals surface area contributed by atoms with Gasteiger partial charge in [0.15, 0.2) is 0 Å². The number of carboxylic acid groups (broad SMARTS) is 1. The lowest BCUT2D eigenvalue weighted by molar-refractivity contribution is -0.137. The van der Waals surface area contributed by atoms with Crippen LogP contribution in [0, 0.1) is 0 Å². The number of nitrogens with zero attached hydrogens (tertiary/aromatic N) is 1. The standard InChI is InChI=1S/C12H23NO2S/c14-12(15)6-2-1-5-10-16-11-9-13-7-3-4-8-13/h1-11H2,(H,14,15). The number of aliphatic carboxylic acids is 1. The van der Waals surface area contributed by atoms with E-state index in [1.54, 1.807) is 0 Å². The number of carboxylic acids is 1. The van der Waals surface area contributed by atoms with E-state index < -0.39 is 5.97 Å². The predicted molar refractivity (Wildman–Crippen MR) is 69.1 cm³/mol. The fraction of sp³-hybridized carbons (Fsp3) is 0.917. The van der Waals surface area contributed by atoms with Gasteiger partial charge in [0, 0.05) is 18.7 Å². The van der Waals surface area contributed by atoms with Gasteiger partial charge >= 0.3 is 5.97 Å². The minimum Gasteiger partial charge on any atom is -0.481 e. The normalized spacial score (nSPS) is 16.8. The zero-order chi connectivity index (χ0) is 11.6. The summed E-state index contributed by atoms with van der Waals surface area (Å²) in [5.41, 5.74) is 0. The summed E-state index contributed by atoms with van der Waals surface area (Å²) in [5, 5.41) is 8.46. The average molecular weight is 245 g/mol. The van der Waals surface area contributed by atoms with Crippen molar-refractivity contribution < 1.29 is 9.90 Å². The van der Waals surface area contributed by atoms with Gasteiger partial charge in [0.05, 0.1) is 0 Å². The fourth-order valence-electron chi connectivity index (χ4n) is 1.96. The van der Waals surface area contributed by atoms with Crippen molar-refractivity contribution in [2.75, 3.05) is 31.1 Å². The van der Waals surface area contributed by atoms with E-state index in [2.05, 4.69) is 4.90 Å². The molecule has 1 aliphatic heterocycles. The van der Waals surface area contributed by atoms with Crippen LogP contribution in [0.1, 0.15) is 38.5 Å². The smallest absolute Gasteiger partial charge is 0.303 e. The monoisotopic (exact) mass is 245 g/mol. The van der Waals surface area contributed by atoms with Gasteiger partial charge in [-0.05, 0) is 44.5 Å². The van der Waals surface area contributed by atoms with Crippen molar-refractivity contribution in [1.82, 2.24) is 4.90 Å². The third-order valence-electron chi connectivity index (χ3n) is 2.93. The fourth-order valence-corrected chi connectivity index (χ4v) is 2.96. The van der Waals surface area contributed by atoms with Crippen LogP contribution in [0.15, 0.2) is 0 Å². The lowest BCUT2D eigenvalue weighted by Gasteiger charge is -2.13. The molecule has 16 heavy (non-hydrogen) atoms. The largest absolute Gasteiger partial charge is 0.481 e. The van der Waals surface area contributed by atoms with Crippen LogP contribution in [0.25, 0.3) is 0 Å². The number of carbonyl (C=O) groups is 1. The topological polar surface area (TPSA) is 40.5 Å². The molecule has 3 nitrogen and oxygen atoms in total. The molecule has 0 saturated carbocycles. The molecule has 0 bridgehead atoms. The highest BCUT2D eigenvalue weighted by Crippen LogP contribution is 2.11. The minimum absolute atomic E-state index is 0.332. The van der Waals surface area contributed by atoms with Gasteiger partial charge in [-0.1, -0.05) is 6.42 Å². The van der Waals surface area contributed by atoms with E-state index in [0.29, 0.717) is 6.42 Å². The third kappa shape index (κ3) is 7.12. The zero-order valence-electron chi connectivity index (χ0n) is 9.99. The summed E-state index contributed by atoms with van der Waals surface area (Å²) in [6, 6.07) is 0. The molecule has 0 aromatic rings. The minimum atomic E-state index is -0.665. The van der Waals surface area contributed by atoms with Gasteiger partial charge < -0.3 is 10.0 Å². The van der Waals surface area contributed by atoms with Crippen LogP contribution in [0.3, 0.4) is 0 Å². The number of thioether (sulfide) groups is 1. The molecule has 0 radical (unpaired) electrons. The summed E-state index contributed by atoms with van der Waals surface area (Å²) in [6.45, 7) is 3.82. The second-order valence-corrected chi connectivity index (χ2v) is 5.59. The van der Waals surface area contributed by atoms with Gasteiger partial charge in [-0.3, -0.25) is 4.79 Å². The molecular weight excluding hydrogens is 222 g/mol. The Morgan fingerprint density at radius 1 is 1.12 bits per heavy atom. The van der Waals surface area contributed by atoms with Crippen molar-refractivity contribution in [1.29, 1.82) is 0 Å². The molecule has 1 N–H and O–H groups in total. The Balaban J connectivity index is 1.76. The van der Waals surface area contributed by atoms with Crippen LogP contribution >= 0.6 is 11.8 Å². The summed E-state index contributed by atoms with van der Waals surface area (Å²) in [7, 11) is 0. The second kappa shape index (κ2) is 8.88. The summed E-state index contributed by atoms with van der Waals surface area (Å²) in [6.07, 6.45) is 6.14. The summed E-state index contributed by atoms with van der Waals surface area (Å²) in [4.78, 5) is 12.8. The van der Waals surface area contributed by atoms with Gasteiger partial charge in [0.25, 0.3) is 0 Å². The van der Waals surface area contributed by atoms with Gasteiger partial charge in [-0.15, -0.1) is 0 Å².